The highest BCUT2D eigenvalue weighted by Crippen LogP contribution is 2.30. The van der Waals surface area contributed by atoms with E-state index >= 15 is 0 Å². The highest BCUT2D eigenvalue weighted by atomic mass is 16.5. The summed E-state index contributed by atoms with van der Waals surface area (Å²) in [6.45, 7) is 1.62. The first-order valence-corrected chi connectivity index (χ1v) is 8.69. The van der Waals surface area contributed by atoms with Gasteiger partial charge in [0.15, 0.2) is 5.78 Å². The Morgan fingerprint density at radius 1 is 1.29 bits per heavy atom. The van der Waals surface area contributed by atoms with Crippen LogP contribution in [0.3, 0.4) is 0 Å². The van der Waals surface area contributed by atoms with E-state index in [1.807, 2.05) is 0 Å². The number of nitrogens with one attached hydrogen (secondary N) is 1. The van der Waals surface area contributed by atoms with E-state index in [-0.39, 0.29) is 18.3 Å². The summed E-state index contributed by atoms with van der Waals surface area (Å²) in [6.07, 6.45) is 6.54. The van der Waals surface area contributed by atoms with Crippen molar-refractivity contribution in [1.29, 1.82) is 0 Å². The van der Waals surface area contributed by atoms with Crippen LogP contribution in [0.15, 0.2) is 24.3 Å². The Labute approximate surface area is 143 Å². The zero-order valence-electron chi connectivity index (χ0n) is 14.6. The molecule has 1 aromatic rings. The van der Waals surface area contributed by atoms with Crippen LogP contribution in [-0.4, -0.2) is 30.9 Å². The summed E-state index contributed by atoms with van der Waals surface area (Å²) in [5.41, 5.74) is 5.96. The lowest BCUT2D eigenvalue weighted by molar-refractivity contribution is -0.127. The van der Waals surface area contributed by atoms with Crippen molar-refractivity contribution in [2.75, 3.05) is 13.7 Å². The Morgan fingerprint density at radius 2 is 2.00 bits per heavy atom. The summed E-state index contributed by atoms with van der Waals surface area (Å²) < 4.78 is 5.79. The molecule has 1 saturated carbocycles. The van der Waals surface area contributed by atoms with Crippen LogP contribution in [0, 0.1) is 5.92 Å². The van der Waals surface area contributed by atoms with Crippen molar-refractivity contribution in [3.63, 3.8) is 0 Å². The molecular weight excluding hydrogens is 304 g/mol. The van der Waals surface area contributed by atoms with Gasteiger partial charge in [0.1, 0.15) is 17.9 Å². The minimum atomic E-state index is -1.05. The van der Waals surface area contributed by atoms with Crippen LogP contribution in [0.5, 0.6) is 5.75 Å². The summed E-state index contributed by atoms with van der Waals surface area (Å²) >= 11 is 0. The molecule has 0 saturated heterocycles. The number of nitrogens with two attached hydrogens (primary N) is 1. The maximum absolute atomic E-state index is 12.3. The molecule has 1 aromatic carbocycles. The zero-order valence-corrected chi connectivity index (χ0v) is 14.6. The Balaban J connectivity index is 2.06. The van der Waals surface area contributed by atoms with Gasteiger partial charge in [-0.05, 0) is 31.4 Å². The molecule has 1 aliphatic carbocycles. The smallest absolute Gasteiger partial charge is 0.243 e. The molecule has 1 atom stereocenters. The fraction of sp³-hybridized carbons (Fsp3) is 0.579. The number of benzene rings is 1. The molecule has 5 heteroatoms. The highest BCUT2D eigenvalue weighted by Gasteiger charge is 2.37. The molecule has 1 aliphatic rings. The number of hydrogen-bond donors (Lipinski definition) is 2. The maximum Gasteiger partial charge on any atom is 0.243 e. The molecular formula is C19H28N2O3. The van der Waals surface area contributed by atoms with E-state index in [0.29, 0.717) is 23.7 Å². The lowest BCUT2D eigenvalue weighted by atomic mass is 9.79. The van der Waals surface area contributed by atoms with E-state index in [2.05, 4.69) is 5.32 Å². The molecule has 5 nitrogen and oxygen atoms in total. The van der Waals surface area contributed by atoms with E-state index in [0.717, 1.165) is 12.8 Å². The van der Waals surface area contributed by atoms with Crippen LogP contribution >= 0.6 is 0 Å². The van der Waals surface area contributed by atoms with Crippen molar-refractivity contribution < 1.29 is 14.3 Å². The van der Waals surface area contributed by atoms with Crippen molar-refractivity contribution in [3.8, 4) is 5.75 Å². The van der Waals surface area contributed by atoms with Crippen molar-refractivity contribution in [1.82, 2.24) is 5.32 Å². The van der Waals surface area contributed by atoms with Crippen molar-refractivity contribution in [2.45, 2.75) is 51.0 Å². The fourth-order valence-electron chi connectivity index (χ4n) is 3.39. The largest absolute Gasteiger partial charge is 0.491 e. The van der Waals surface area contributed by atoms with Crippen molar-refractivity contribution in [3.05, 3.63) is 29.8 Å². The number of ketones is 1. The van der Waals surface area contributed by atoms with Gasteiger partial charge >= 0.3 is 0 Å². The van der Waals surface area contributed by atoms with Gasteiger partial charge in [-0.1, -0.05) is 44.2 Å². The minimum Gasteiger partial charge on any atom is -0.491 e. The molecule has 1 amide bonds. The van der Waals surface area contributed by atoms with Gasteiger partial charge in [-0.2, -0.15) is 0 Å². The summed E-state index contributed by atoms with van der Waals surface area (Å²) in [6, 6.07) is 6.97. The second-order valence-electron chi connectivity index (χ2n) is 6.82. The number of carbonyl (C=O) groups excluding carboxylic acids is 2. The number of hydrogen-bond acceptors (Lipinski definition) is 4. The van der Waals surface area contributed by atoms with Gasteiger partial charge in [0, 0.05) is 12.6 Å². The van der Waals surface area contributed by atoms with Gasteiger partial charge in [-0.3, -0.25) is 9.59 Å². The standard InChI is InChI=1S/C19H28N2O3/c1-14(22)16-9-6-10-17(11-16)24-13-19(20,18(23)21-2)12-15-7-4-3-5-8-15/h6,9-11,15H,3-5,7-8,12-13,20H2,1-2H3,(H,21,23). The molecule has 0 heterocycles. The molecule has 24 heavy (non-hydrogen) atoms. The van der Waals surface area contributed by atoms with Gasteiger partial charge in [0.2, 0.25) is 5.91 Å². The van der Waals surface area contributed by atoms with Gasteiger partial charge in [-0.15, -0.1) is 0 Å². The number of amides is 1. The van der Waals surface area contributed by atoms with Crippen LogP contribution in [0.2, 0.25) is 0 Å². The Bertz CT molecular complexity index is 582. The maximum atomic E-state index is 12.3. The van der Waals surface area contributed by atoms with Crippen LogP contribution in [-0.2, 0) is 4.79 Å². The van der Waals surface area contributed by atoms with Gasteiger partial charge in [0.05, 0.1) is 0 Å². The van der Waals surface area contributed by atoms with Crippen LogP contribution < -0.4 is 15.8 Å². The zero-order chi connectivity index (χ0) is 17.6. The number of rotatable bonds is 7. The molecule has 3 N–H and O–H groups in total. The Kier molecular flexibility index (Phi) is 6.37. The summed E-state index contributed by atoms with van der Waals surface area (Å²) in [5.74, 6) is 0.807. The molecule has 0 aliphatic heterocycles. The average Bonchev–Trinajstić information content (AvgIpc) is 2.60. The van der Waals surface area contributed by atoms with E-state index < -0.39 is 5.54 Å². The minimum absolute atomic E-state index is 0.0204. The van der Waals surface area contributed by atoms with E-state index in [9.17, 15) is 9.59 Å². The normalized spacial score (nSPS) is 17.8. The van der Waals surface area contributed by atoms with Gasteiger partial charge in [-0.25, -0.2) is 0 Å². The first-order chi connectivity index (χ1) is 11.4. The van der Waals surface area contributed by atoms with E-state index in [1.54, 1.807) is 31.3 Å². The van der Waals surface area contributed by atoms with Gasteiger partial charge in [0.25, 0.3) is 0 Å². The van der Waals surface area contributed by atoms with Crippen LogP contribution in [0.1, 0.15) is 55.8 Å². The summed E-state index contributed by atoms with van der Waals surface area (Å²) in [5, 5.41) is 2.66. The third-order valence-electron chi connectivity index (χ3n) is 4.79. The van der Waals surface area contributed by atoms with Crippen LogP contribution in [0.25, 0.3) is 0 Å². The van der Waals surface area contributed by atoms with Crippen molar-refractivity contribution >= 4 is 11.7 Å². The summed E-state index contributed by atoms with van der Waals surface area (Å²) in [7, 11) is 1.60. The molecule has 132 valence electrons. The fourth-order valence-corrected chi connectivity index (χ4v) is 3.39. The molecule has 0 bridgehead atoms. The average molecular weight is 332 g/mol. The number of ether oxygens (including phenoxy) is 1. The second kappa shape index (κ2) is 8.29. The molecule has 1 fully saturated rings. The van der Waals surface area contributed by atoms with Gasteiger partial charge < -0.3 is 15.8 Å². The predicted molar refractivity (Wildman–Crippen MR) is 94.1 cm³/mol. The van der Waals surface area contributed by atoms with E-state index in [1.165, 1.54) is 26.2 Å². The molecule has 0 radical (unpaired) electrons. The number of Topliss-reactive ketones (excluding diaryl/α,β-unsaturated/α-hetero) is 1. The molecule has 0 aromatic heterocycles. The predicted octanol–water partition coefficient (Wildman–Crippen LogP) is 2.68. The Morgan fingerprint density at radius 3 is 2.62 bits per heavy atom. The second-order valence-corrected chi connectivity index (χ2v) is 6.82. The first-order valence-electron chi connectivity index (χ1n) is 8.69. The lowest BCUT2D eigenvalue weighted by Crippen LogP contribution is -2.58. The lowest BCUT2D eigenvalue weighted by Gasteiger charge is -2.33. The topological polar surface area (TPSA) is 81.4 Å². The third-order valence-corrected chi connectivity index (χ3v) is 4.79. The van der Waals surface area contributed by atoms with Crippen LogP contribution in [0.4, 0.5) is 0 Å². The number of carbonyl (C=O) groups is 2. The molecule has 0 spiro atoms. The SMILES string of the molecule is CNC(=O)C(N)(COc1cccc(C(C)=O)c1)CC1CCCCC1. The van der Waals surface area contributed by atoms with Crippen molar-refractivity contribution in [2.24, 2.45) is 11.7 Å². The highest BCUT2D eigenvalue weighted by molar-refractivity contribution is 5.94. The Hall–Kier alpha value is -1.88. The molecule has 1 unspecified atom stereocenters. The molecule has 2 rings (SSSR count). The quantitative estimate of drug-likeness (QED) is 0.752. The summed E-state index contributed by atoms with van der Waals surface area (Å²) in [4.78, 5) is 23.8. The van der Waals surface area contributed by atoms with E-state index in [4.69, 9.17) is 10.5 Å². The monoisotopic (exact) mass is 332 g/mol. The third kappa shape index (κ3) is 4.81. The number of likely N-dealkylation sites (N-methyl/N-ethyl adjacent to an activating group) is 1. The first kappa shape index (κ1) is 18.5.